The lowest BCUT2D eigenvalue weighted by molar-refractivity contribution is -0.119. The van der Waals surface area contributed by atoms with Crippen LogP contribution in [0.3, 0.4) is 0 Å². The van der Waals surface area contributed by atoms with Crippen LogP contribution in [0.2, 0.25) is 5.02 Å². The van der Waals surface area contributed by atoms with E-state index in [9.17, 15) is 18.0 Å². The van der Waals surface area contributed by atoms with Crippen LogP contribution in [0.4, 0.5) is 5.69 Å². The molecule has 1 atom stereocenters. The summed E-state index contributed by atoms with van der Waals surface area (Å²) in [6, 6.07) is 5.14. The summed E-state index contributed by atoms with van der Waals surface area (Å²) in [7, 11) is 0.259. The normalized spacial score (nSPS) is 17.0. The summed E-state index contributed by atoms with van der Waals surface area (Å²) in [4.78, 5) is 24.6. The third kappa shape index (κ3) is 4.16. The SMILES string of the molecule is COC(=O)c1cc(S(=O)(=O)N2CCC[C@H]2C(=O)Nc2ccc(OC)c(Cl)c2)cn1C. The number of carbonyl (C=O) groups excluding carboxylic acids is 2. The first-order valence-electron chi connectivity index (χ1n) is 9.10. The van der Waals surface area contributed by atoms with Gasteiger partial charge in [-0.25, -0.2) is 13.2 Å². The second-order valence-electron chi connectivity index (χ2n) is 6.78. The number of sulfonamides is 1. The molecule has 1 fully saturated rings. The van der Waals surface area contributed by atoms with Gasteiger partial charge in [0.05, 0.1) is 19.2 Å². The van der Waals surface area contributed by atoms with E-state index >= 15 is 0 Å². The van der Waals surface area contributed by atoms with Crippen LogP contribution >= 0.6 is 11.6 Å². The van der Waals surface area contributed by atoms with Gasteiger partial charge in [-0.2, -0.15) is 4.31 Å². The van der Waals surface area contributed by atoms with Gasteiger partial charge < -0.3 is 19.4 Å². The largest absolute Gasteiger partial charge is 0.495 e. The maximum absolute atomic E-state index is 13.2. The number of aryl methyl sites for hydroxylation is 1. The van der Waals surface area contributed by atoms with E-state index in [1.54, 1.807) is 19.2 Å². The lowest BCUT2D eigenvalue weighted by Gasteiger charge is -2.23. The second-order valence-corrected chi connectivity index (χ2v) is 9.07. The molecule has 3 rings (SSSR count). The number of esters is 1. The number of rotatable bonds is 6. The number of nitrogens with one attached hydrogen (secondary N) is 1. The summed E-state index contributed by atoms with van der Waals surface area (Å²) in [5.74, 6) is -0.641. The van der Waals surface area contributed by atoms with E-state index in [0.717, 1.165) is 4.31 Å². The van der Waals surface area contributed by atoms with Gasteiger partial charge in [0.2, 0.25) is 15.9 Å². The third-order valence-electron chi connectivity index (χ3n) is 4.91. The summed E-state index contributed by atoms with van der Waals surface area (Å²) < 4.78 is 38.6. The van der Waals surface area contributed by atoms with Crippen molar-refractivity contribution in [2.75, 3.05) is 26.1 Å². The van der Waals surface area contributed by atoms with Gasteiger partial charge in [-0.3, -0.25) is 4.79 Å². The number of ether oxygens (including phenoxy) is 2. The number of halogens is 1. The molecule has 0 bridgehead atoms. The van der Waals surface area contributed by atoms with E-state index in [1.807, 2.05) is 0 Å². The minimum absolute atomic E-state index is 0.0717. The predicted octanol–water partition coefficient (Wildman–Crippen LogP) is 2.27. The van der Waals surface area contributed by atoms with Gasteiger partial charge in [0.1, 0.15) is 22.4 Å². The van der Waals surface area contributed by atoms with Gasteiger partial charge in [0.25, 0.3) is 0 Å². The zero-order chi connectivity index (χ0) is 22.1. The van der Waals surface area contributed by atoms with Crippen LogP contribution in [0.1, 0.15) is 23.3 Å². The quantitative estimate of drug-likeness (QED) is 0.669. The zero-order valence-corrected chi connectivity index (χ0v) is 18.3. The van der Waals surface area contributed by atoms with E-state index in [1.165, 1.54) is 37.1 Å². The summed E-state index contributed by atoms with van der Waals surface area (Å²) in [5, 5.41) is 3.03. The van der Waals surface area contributed by atoms with Crippen molar-refractivity contribution in [1.82, 2.24) is 8.87 Å². The number of carbonyl (C=O) groups is 2. The molecule has 1 amide bonds. The van der Waals surface area contributed by atoms with Crippen LogP contribution in [0, 0.1) is 0 Å². The number of hydrogen-bond donors (Lipinski definition) is 1. The van der Waals surface area contributed by atoms with Gasteiger partial charge >= 0.3 is 5.97 Å². The van der Waals surface area contributed by atoms with Crippen LogP contribution in [-0.4, -0.2) is 56.0 Å². The van der Waals surface area contributed by atoms with Crippen molar-refractivity contribution in [3.63, 3.8) is 0 Å². The van der Waals surface area contributed by atoms with E-state index in [4.69, 9.17) is 16.3 Å². The molecule has 2 aromatic rings. The number of benzene rings is 1. The second kappa shape index (κ2) is 8.66. The Bertz CT molecular complexity index is 1080. The molecular weight excluding hydrogens is 434 g/mol. The van der Waals surface area contributed by atoms with Crippen LogP contribution in [0.25, 0.3) is 0 Å². The van der Waals surface area contributed by atoms with E-state index in [0.29, 0.717) is 29.3 Å². The molecule has 0 aliphatic carbocycles. The molecule has 1 aliphatic heterocycles. The zero-order valence-electron chi connectivity index (χ0n) is 16.7. The Kier molecular flexibility index (Phi) is 6.39. The Morgan fingerprint density at radius 2 is 1.97 bits per heavy atom. The molecule has 0 radical (unpaired) electrons. The number of hydrogen-bond acceptors (Lipinski definition) is 6. The van der Waals surface area contributed by atoms with Crippen molar-refractivity contribution < 1.29 is 27.5 Å². The fraction of sp³-hybridized carbons (Fsp3) is 0.368. The number of methoxy groups -OCH3 is 2. The summed E-state index contributed by atoms with van der Waals surface area (Å²) in [6.45, 7) is 0.201. The van der Waals surface area contributed by atoms with Crippen LogP contribution in [0.5, 0.6) is 5.75 Å². The van der Waals surface area contributed by atoms with Crippen molar-refractivity contribution >= 4 is 39.2 Å². The van der Waals surface area contributed by atoms with E-state index < -0.39 is 27.9 Å². The highest BCUT2D eigenvalue weighted by Crippen LogP contribution is 2.30. The molecule has 0 saturated carbocycles. The first-order valence-corrected chi connectivity index (χ1v) is 10.9. The highest BCUT2D eigenvalue weighted by molar-refractivity contribution is 7.89. The number of aromatic nitrogens is 1. The fourth-order valence-corrected chi connectivity index (χ4v) is 5.36. The monoisotopic (exact) mass is 455 g/mol. The van der Waals surface area contributed by atoms with Gasteiger partial charge in [-0.15, -0.1) is 0 Å². The van der Waals surface area contributed by atoms with E-state index in [-0.39, 0.29) is 17.1 Å². The molecule has 2 heterocycles. The van der Waals surface area contributed by atoms with Crippen molar-refractivity contribution in [2.45, 2.75) is 23.8 Å². The summed E-state index contributed by atoms with van der Waals surface area (Å²) >= 11 is 6.09. The Labute approximate surface area is 179 Å². The molecule has 0 unspecified atom stereocenters. The van der Waals surface area contributed by atoms with Crippen molar-refractivity contribution in [3.05, 3.63) is 41.2 Å². The van der Waals surface area contributed by atoms with Crippen molar-refractivity contribution in [3.8, 4) is 5.75 Å². The van der Waals surface area contributed by atoms with Crippen LogP contribution < -0.4 is 10.1 Å². The standard InChI is InChI=1S/C19H22ClN3O6S/c1-22-11-13(10-16(22)19(25)29-3)30(26,27)23-8-4-5-15(23)18(24)21-12-6-7-17(28-2)14(20)9-12/h6-7,9-11,15H,4-5,8H2,1-3H3,(H,21,24)/t15-/m0/s1. The average Bonchev–Trinajstić information content (AvgIpc) is 3.35. The maximum Gasteiger partial charge on any atom is 0.354 e. The molecule has 30 heavy (non-hydrogen) atoms. The molecule has 1 aromatic carbocycles. The number of anilines is 1. The fourth-order valence-electron chi connectivity index (χ4n) is 3.38. The smallest absolute Gasteiger partial charge is 0.354 e. The molecule has 162 valence electrons. The maximum atomic E-state index is 13.2. The lowest BCUT2D eigenvalue weighted by atomic mass is 10.2. The molecule has 0 spiro atoms. The number of amides is 1. The Morgan fingerprint density at radius 3 is 2.60 bits per heavy atom. The van der Waals surface area contributed by atoms with Gasteiger partial charge in [-0.05, 0) is 37.1 Å². The Balaban J connectivity index is 1.83. The highest BCUT2D eigenvalue weighted by atomic mass is 35.5. The Morgan fingerprint density at radius 1 is 1.23 bits per heavy atom. The number of nitrogens with zero attached hydrogens (tertiary/aromatic N) is 2. The van der Waals surface area contributed by atoms with Crippen LogP contribution in [0.15, 0.2) is 35.4 Å². The molecule has 11 heteroatoms. The van der Waals surface area contributed by atoms with Gasteiger partial charge in [0.15, 0.2) is 0 Å². The lowest BCUT2D eigenvalue weighted by Crippen LogP contribution is -2.43. The van der Waals surface area contributed by atoms with Gasteiger partial charge in [-0.1, -0.05) is 11.6 Å². The summed E-state index contributed by atoms with van der Waals surface area (Å²) in [6.07, 6.45) is 2.25. The molecular formula is C19H22ClN3O6S. The van der Waals surface area contributed by atoms with Gasteiger partial charge in [0, 0.05) is 25.5 Å². The molecule has 1 saturated heterocycles. The molecule has 1 aromatic heterocycles. The topological polar surface area (TPSA) is 107 Å². The van der Waals surface area contributed by atoms with Crippen LogP contribution in [-0.2, 0) is 26.6 Å². The summed E-state index contributed by atoms with van der Waals surface area (Å²) in [5.41, 5.74) is 0.534. The first kappa shape index (κ1) is 22.1. The average molecular weight is 456 g/mol. The minimum atomic E-state index is -3.99. The molecule has 9 nitrogen and oxygen atoms in total. The Hall–Kier alpha value is -2.56. The van der Waals surface area contributed by atoms with Crippen molar-refractivity contribution in [2.24, 2.45) is 7.05 Å². The van der Waals surface area contributed by atoms with Crippen molar-refractivity contribution in [1.29, 1.82) is 0 Å². The molecule has 1 aliphatic rings. The first-order chi connectivity index (χ1) is 14.2. The third-order valence-corrected chi connectivity index (χ3v) is 7.08. The minimum Gasteiger partial charge on any atom is -0.495 e. The highest BCUT2D eigenvalue weighted by Gasteiger charge is 2.40. The molecule has 1 N–H and O–H groups in total. The predicted molar refractivity (Wildman–Crippen MR) is 110 cm³/mol. The van der Waals surface area contributed by atoms with E-state index in [2.05, 4.69) is 10.1 Å².